The topological polar surface area (TPSA) is 68.0 Å². The van der Waals surface area contributed by atoms with E-state index in [1.807, 2.05) is 26.0 Å². The number of carboxylic acid groups (broad SMARTS) is 1. The monoisotopic (exact) mass is 295 g/mol. The minimum atomic E-state index is -1.09. The maximum atomic E-state index is 10.7. The summed E-state index contributed by atoms with van der Waals surface area (Å²) in [7, 11) is 0. The van der Waals surface area contributed by atoms with Crippen LogP contribution in [-0.2, 0) is 0 Å². The van der Waals surface area contributed by atoms with Gasteiger partial charge in [0.1, 0.15) is 0 Å². The fraction of sp³-hybridized carbons (Fsp3) is 0.182. The lowest BCUT2D eigenvalue weighted by atomic mass is 10.1. The summed E-state index contributed by atoms with van der Waals surface area (Å²) in [6.07, 6.45) is 1.39. The Bertz CT molecular complexity index is 569. The molecule has 1 heterocycles. The first-order valence-electron chi connectivity index (χ1n) is 4.92. The first-order chi connectivity index (χ1) is 7.99. The van der Waals surface area contributed by atoms with Gasteiger partial charge < -0.3 is 5.11 Å². The minimum Gasteiger partial charge on any atom is -0.476 e. The van der Waals surface area contributed by atoms with Crippen LogP contribution in [0.2, 0.25) is 0 Å². The van der Waals surface area contributed by atoms with Crippen LogP contribution >= 0.6 is 15.9 Å². The highest BCUT2D eigenvalue weighted by Crippen LogP contribution is 2.25. The van der Waals surface area contributed by atoms with E-state index in [1.54, 1.807) is 0 Å². The lowest BCUT2D eigenvalue weighted by molar-refractivity contribution is 0.0690. The van der Waals surface area contributed by atoms with Gasteiger partial charge in [0.05, 0.1) is 11.9 Å². The minimum absolute atomic E-state index is 0.0723. The molecule has 1 N–H and O–H groups in total. The van der Waals surface area contributed by atoms with Crippen molar-refractivity contribution >= 4 is 21.9 Å². The summed E-state index contributed by atoms with van der Waals surface area (Å²) in [4.78, 5) is 10.7. The Balaban J connectivity index is 2.56. The number of carboxylic acids is 1. The molecule has 0 aliphatic carbocycles. The van der Waals surface area contributed by atoms with Gasteiger partial charge in [-0.2, -0.15) is 0 Å². The van der Waals surface area contributed by atoms with Crippen LogP contribution in [0.4, 0.5) is 0 Å². The average molecular weight is 296 g/mol. The van der Waals surface area contributed by atoms with Crippen LogP contribution in [0.3, 0.4) is 0 Å². The molecule has 0 aliphatic rings. The third-order valence-corrected chi connectivity index (χ3v) is 2.94. The predicted octanol–water partition coefficient (Wildman–Crippen LogP) is 2.34. The third-order valence-electron chi connectivity index (χ3n) is 2.34. The summed E-state index contributed by atoms with van der Waals surface area (Å²) < 4.78 is 2.32. The Hall–Kier alpha value is -1.69. The summed E-state index contributed by atoms with van der Waals surface area (Å²) in [5.74, 6) is -1.09. The molecule has 1 aromatic carbocycles. The van der Waals surface area contributed by atoms with Crippen molar-refractivity contribution in [3.8, 4) is 5.69 Å². The number of halogens is 1. The summed E-state index contributed by atoms with van der Waals surface area (Å²) in [5.41, 5.74) is 2.85. The van der Waals surface area contributed by atoms with Gasteiger partial charge >= 0.3 is 5.97 Å². The maximum absolute atomic E-state index is 10.7. The average Bonchev–Trinajstić information content (AvgIpc) is 2.65. The van der Waals surface area contributed by atoms with Gasteiger partial charge in [-0.25, -0.2) is 9.48 Å². The quantitative estimate of drug-likeness (QED) is 0.923. The Morgan fingerprint density at radius 3 is 2.65 bits per heavy atom. The molecule has 1 aromatic heterocycles. The molecule has 0 atom stereocenters. The fourth-order valence-electron chi connectivity index (χ4n) is 1.67. The molecule has 17 heavy (non-hydrogen) atoms. The van der Waals surface area contributed by atoms with Crippen LogP contribution in [0.5, 0.6) is 0 Å². The highest BCUT2D eigenvalue weighted by Gasteiger charge is 2.13. The highest BCUT2D eigenvalue weighted by molar-refractivity contribution is 9.10. The molecule has 0 amide bonds. The van der Waals surface area contributed by atoms with Crippen molar-refractivity contribution in [3.05, 3.63) is 39.6 Å². The van der Waals surface area contributed by atoms with Crippen molar-refractivity contribution in [1.29, 1.82) is 0 Å². The predicted molar refractivity (Wildman–Crippen MR) is 65.5 cm³/mol. The molecule has 0 bridgehead atoms. The normalized spacial score (nSPS) is 10.5. The zero-order chi connectivity index (χ0) is 12.6. The van der Waals surface area contributed by atoms with Crippen LogP contribution in [0.25, 0.3) is 5.69 Å². The van der Waals surface area contributed by atoms with Crippen LogP contribution in [-0.4, -0.2) is 26.1 Å². The van der Waals surface area contributed by atoms with Gasteiger partial charge in [0.25, 0.3) is 0 Å². The summed E-state index contributed by atoms with van der Waals surface area (Å²) in [5, 5.41) is 16.2. The van der Waals surface area contributed by atoms with Crippen molar-refractivity contribution in [2.45, 2.75) is 13.8 Å². The molecule has 0 unspecified atom stereocenters. The molecule has 0 radical (unpaired) electrons. The SMILES string of the molecule is Cc1cc(C)c(-n2cc(C(=O)O)nn2)c(Br)c1. The molecule has 0 aliphatic heterocycles. The number of nitrogens with zero attached hydrogens (tertiary/aromatic N) is 3. The van der Waals surface area contributed by atoms with Gasteiger partial charge in [0.15, 0.2) is 5.69 Å². The largest absolute Gasteiger partial charge is 0.476 e. The molecule has 0 spiro atoms. The van der Waals surface area contributed by atoms with Crippen LogP contribution in [0.1, 0.15) is 21.6 Å². The van der Waals surface area contributed by atoms with Crippen molar-refractivity contribution in [3.63, 3.8) is 0 Å². The molecular weight excluding hydrogens is 286 g/mol. The van der Waals surface area contributed by atoms with E-state index in [0.29, 0.717) is 0 Å². The van der Waals surface area contributed by atoms with Gasteiger partial charge in [-0.3, -0.25) is 0 Å². The molecule has 2 aromatic rings. The number of aromatic nitrogens is 3. The zero-order valence-corrected chi connectivity index (χ0v) is 10.9. The number of rotatable bonds is 2. The molecule has 0 fully saturated rings. The molecule has 5 nitrogen and oxygen atoms in total. The van der Waals surface area contributed by atoms with Gasteiger partial charge in [0, 0.05) is 4.47 Å². The second-order valence-electron chi connectivity index (χ2n) is 3.77. The molecular formula is C11H10BrN3O2. The van der Waals surface area contributed by atoms with Crippen molar-refractivity contribution in [2.75, 3.05) is 0 Å². The van der Waals surface area contributed by atoms with Crippen LogP contribution in [0, 0.1) is 13.8 Å². The Labute approximate surface area is 106 Å². The highest BCUT2D eigenvalue weighted by atomic mass is 79.9. The van der Waals surface area contributed by atoms with E-state index >= 15 is 0 Å². The van der Waals surface area contributed by atoms with Gasteiger partial charge in [-0.1, -0.05) is 11.3 Å². The Morgan fingerprint density at radius 1 is 1.41 bits per heavy atom. The number of benzene rings is 1. The Kier molecular flexibility index (Phi) is 2.97. The van der Waals surface area contributed by atoms with E-state index in [2.05, 4.69) is 26.2 Å². The van der Waals surface area contributed by atoms with Gasteiger partial charge in [-0.05, 0) is 47.0 Å². The fourth-order valence-corrected chi connectivity index (χ4v) is 2.52. The van der Waals surface area contributed by atoms with Crippen LogP contribution < -0.4 is 0 Å². The second-order valence-corrected chi connectivity index (χ2v) is 4.62. The lowest BCUT2D eigenvalue weighted by Gasteiger charge is -2.08. The van der Waals surface area contributed by atoms with E-state index in [0.717, 1.165) is 21.3 Å². The van der Waals surface area contributed by atoms with E-state index in [9.17, 15) is 4.79 Å². The molecule has 2 rings (SSSR count). The first kappa shape index (κ1) is 11.8. The van der Waals surface area contributed by atoms with Crippen molar-refractivity contribution in [2.24, 2.45) is 0 Å². The van der Waals surface area contributed by atoms with Crippen molar-refractivity contribution in [1.82, 2.24) is 15.0 Å². The molecule has 0 saturated carbocycles. The molecule has 0 saturated heterocycles. The third kappa shape index (κ3) is 2.21. The van der Waals surface area contributed by atoms with E-state index < -0.39 is 5.97 Å². The second kappa shape index (κ2) is 4.29. The standard InChI is InChI=1S/C11H10BrN3O2/c1-6-3-7(2)10(8(12)4-6)15-5-9(11(16)17)13-14-15/h3-5H,1-2H3,(H,16,17). The van der Waals surface area contributed by atoms with Crippen LogP contribution in [0.15, 0.2) is 22.8 Å². The molecule has 88 valence electrons. The number of aryl methyl sites for hydroxylation is 2. The summed E-state index contributed by atoms with van der Waals surface area (Å²) >= 11 is 3.44. The van der Waals surface area contributed by atoms with Gasteiger partial charge in [-0.15, -0.1) is 5.10 Å². The lowest BCUT2D eigenvalue weighted by Crippen LogP contribution is -2.00. The summed E-state index contributed by atoms with van der Waals surface area (Å²) in [6, 6.07) is 3.95. The van der Waals surface area contributed by atoms with E-state index in [1.165, 1.54) is 10.9 Å². The maximum Gasteiger partial charge on any atom is 0.358 e. The number of hydrogen-bond donors (Lipinski definition) is 1. The molecule has 6 heteroatoms. The first-order valence-corrected chi connectivity index (χ1v) is 5.71. The van der Waals surface area contributed by atoms with E-state index in [-0.39, 0.29) is 5.69 Å². The smallest absolute Gasteiger partial charge is 0.358 e. The van der Waals surface area contributed by atoms with Gasteiger partial charge in [0.2, 0.25) is 0 Å². The number of carbonyl (C=O) groups is 1. The van der Waals surface area contributed by atoms with E-state index in [4.69, 9.17) is 5.11 Å². The zero-order valence-electron chi connectivity index (χ0n) is 9.31. The Morgan fingerprint density at radius 2 is 2.12 bits per heavy atom. The number of hydrogen-bond acceptors (Lipinski definition) is 3. The summed E-state index contributed by atoms with van der Waals surface area (Å²) in [6.45, 7) is 3.93. The number of aromatic carboxylic acids is 1. The van der Waals surface area contributed by atoms with Crippen molar-refractivity contribution < 1.29 is 9.90 Å².